The molecule has 2 aliphatic carbocycles. The van der Waals surface area contributed by atoms with Crippen LogP contribution in [-0.4, -0.2) is 53.3 Å². The molecule has 3 aliphatic rings. The highest BCUT2D eigenvalue weighted by atomic mass is 32.2. The van der Waals surface area contributed by atoms with E-state index < -0.39 is 10.0 Å². The first-order valence-corrected chi connectivity index (χ1v) is 12.4. The van der Waals surface area contributed by atoms with Gasteiger partial charge in [-0.25, -0.2) is 8.42 Å². The molecule has 3 fully saturated rings. The molecule has 0 radical (unpaired) electrons. The van der Waals surface area contributed by atoms with Crippen LogP contribution in [0.25, 0.3) is 0 Å². The highest BCUT2D eigenvalue weighted by Gasteiger charge is 2.36. The molecule has 156 valence electrons. The minimum absolute atomic E-state index is 0.0152. The molecule has 6 nitrogen and oxygen atoms in total. The van der Waals surface area contributed by atoms with Gasteiger partial charge in [0.25, 0.3) is 5.91 Å². The summed E-state index contributed by atoms with van der Waals surface area (Å²) in [5.74, 6) is 0.0152. The van der Waals surface area contributed by atoms with E-state index in [0.717, 1.165) is 44.9 Å². The van der Waals surface area contributed by atoms with Gasteiger partial charge in [0.2, 0.25) is 10.0 Å². The number of sulfonamides is 1. The van der Waals surface area contributed by atoms with E-state index in [1.165, 1.54) is 25.7 Å². The van der Waals surface area contributed by atoms with Gasteiger partial charge in [0, 0.05) is 38.4 Å². The first kappa shape index (κ1) is 20.0. The highest BCUT2D eigenvalue weighted by molar-refractivity contribution is 7.89. The Morgan fingerprint density at radius 2 is 1.46 bits per heavy atom. The molecule has 0 spiro atoms. The molecule has 0 unspecified atom stereocenters. The molecule has 7 heteroatoms. The maximum atomic E-state index is 13.6. The topological polar surface area (TPSA) is 62.6 Å². The van der Waals surface area contributed by atoms with Crippen LogP contribution in [0.4, 0.5) is 0 Å². The Bertz CT molecular complexity index is 783. The second kappa shape index (κ2) is 8.19. The molecule has 1 aromatic rings. The van der Waals surface area contributed by atoms with Crippen LogP contribution >= 0.6 is 0 Å². The average molecular weight is 408 g/mol. The highest BCUT2D eigenvalue weighted by Crippen LogP contribution is 2.33. The van der Waals surface area contributed by atoms with E-state index in [-0.39, 0.29) is 10.8 Å². The van der Waals surface area contributed by atoms with E-state index >= 15 is 0 Å². The van der Waals surface area contributed by atoms with Gasteiger partial charge in [-0.05, 0) is 44.6 Å². The Morgan fingerprint density at radius 1 is 0.929 bits per heavy atom. The lowest BCUT2D eigenvalue weighted by atomic mass is 10.1. The Labute approximate surface area is 168 Å². The van der Waals surface area contributed by atoms with Crippen LogP contribution in [0.15, 0.2) is 17.2 Å². The molecule has 1 saturated heterocycles. The number of hydrogen-bond acceptors (Lipinski definition) is 3. The summed E-state index contributed by atoms with van der Waals surface area (Å²) < 4.78 is 29.4. The molecule has 0 N–H and O–H groups in total. The Kier molecular flexibility index (Phi) is 5.83. The Morgan fingerprint density at radius 3 is 2.00 bits per heavy atom. The smallest absolute Gasteiger partial charge is 0.271 e. The average Bonchev–Trinajstić information content (AvgIpc) is 3.45. The summed E-state index contributed by atoms with van der Waals surface area (Å²) in [6, 6.07) is 2.24. The van der Waals surface area contributed by atoms with Gasteiger partial charge in [-0.15, -0.1) is 0 Å². The normalized spacial score (nSPS) is 22.8. The van der Waals surface area contributed by atoms with Gasteiger partial charge >= 0.3 is 0 Å². The van der Waals surface area contributed by atoms with Crippen LogP contribution in [0.3, 0.4) is 0 Å². The van der Waals surface area contributed by atoms with Crippen molar-refractivity contribution in [2.24, 2.45) is 7.05 Å². The molecule has 28 heavy (non-hydrogen) atoms. The fourth-order valence-corrected chi connectivity index (χ4v) is 6.86. The number of piperidine rings is 1. The molecule has 0 atom stereocenters. The summed E-state index contributed by atoms with van der Waals surface area (Å²) in [7, 11) is -1.72. The van der Waals surface area contributed by atoms with Crippen molar-refractivity contribution in [3.05, 3.63) is 18.0 Å². The molecule has 1 aromatic heterocycles. The molecule has 1 amide bonds. The lowest BCUT2D eigenvalue weighted by Crippen LogP contribution is -2.45. The van der Waals surface area contributed by atoms with Crippen molar-refractivity contribution in [2.75, 3.05) is 13.1 Å². The molecule has 4 rings (SSSR count). The van der Waals surface area contributed by atoms with E-state index in [0.29, 0.717) is 30.9 Å². The number of amides is 1. The number of rotatable bonds is 5. The van der Waals surface area contributed by atoms with Crippen LogP contribution in [0.2, 0.25) is 0 Å². The summed E-state index contributed by atoms with van der Waals surface area (Å²) in [5, 5.41) is 0. The summed E-state index contributed by atoms with van der Waals surface area (Å²) >= 11 is 0. The lowest BCUT2D eigenvalue weighted by Gasteiger charge is -2.34. The molecule has 2 heterocycles. The molecule has 0 aromatic carbocycles. The van der Waals surface area contributed by atoms with Crippen LogP contribution in [-0.2, 0) is 17.1 Å². The molecular weight excluding hydrogens is 374 g/mol. The zero-order valence-corrected chi connectivity index (χ0v) is 17.8. The van der Waals surface area contributed by atoms with Crippen molar-refractivity contribution in [1.82, 2.24) is 13.8 Å². The SMILES string of the molecule is Cn1cc(S(=O)(=O)N2CCCCC2)cc1C(=O)N(C1CCCC1)C1CCCC1. The summed E-state index contributed by atoms with van der Waals surface area (Å²) in [6.45, 7) is 1.16. The van der Waals surface area contributed by atoms with E-state index in [2.05, 4.69) is 4.90 Å². The van der Waals surface area contributed by atoms with Gasteiger partial charge in [-0.1, -0.05) is 32.1 Å². The maximum absolute atomic E-state index is 13.6. The van der Waals surface area contributed by atoms with Crippen LogP contribution < -0.4 is 0 Å². The van der Waals surface area contributed by atoms with E-state index in [4.69, 9.17) is 0 Å². The maximum Gasteiger partial charge on any atom is 0.271 e. The van der Waals surface area contributed by atoms with Crippen LogP contribution in [0.5, 0.6) is 0 Å². The fraction of sp³-hybridized carbons (Fsp3) is 0.762. The number of nitrogens with zero attached hydrogens (tertiary/aromatic N) is 3. The molecule has 0 bridgehead atoms. The van der Waals surface area contributed by atoms with Crippen LogP contribution in [0, 0.1) is 0 Å². The summed E-state index contributed by atoms with van der Waals surface area (Å²) in [5.41, 5.74) is 0.509. The standard InChI is InChI=1S/C21H33N3O3S/c1-22-16-19(28(26,27)23-13-7-2-8-14-23)15-20(22)21(25)24(17-9-3-4-10-17)18-11-5-6-12-18/h15-18H,2-14H2,1H3. The van der Waals surface area contributed by atoms with Crippen molar-refractivity contribution in [2.45, 2.75) is 87.6 Å². The number of aromatic nitrogens is 1. The second-order valence-corrected chi connectivity index (χ2v) is 10.7. The zero-order chi connectivity index (χ0) is 19.7. The number of carbonyl (C=O) groups excluding carboxylic acids is 1. The molecule has 1 aliphatic heterocycles. The quantitative estimate of drug-likeness (QED) is 0.750. The van der Waals surface area contributed by atoms with Gasteiger partial charge in [-0.2, -0.15) is 4.31 Å². The fourth-order valence-electron chi connectivity index (χ4n) is 5.27. The van der Waals surface area contributed by atoms with E-state index in [9.17, 15) is 13.2 Å². The zero-order valence-electron chi connectivity index (χ0n) is 17.0. The minimum Gasteiger partial charge on any atom is -0.345 e. The number of carbonyl (C=O) groups is 1. The molecule has 2 saturated carbocycles. The lowest BCUT2D eigenvalue weighted by molar-refractivity contribution is 0.0570. The third kappa shape index (κ3) is 3.75. The van der Waals surface area contributed by atoms with Gasteiger partial charge in [0.15, 0.2) is 0 Å². The van der Waals surface area contributed by atoms with E-state index in [1.54, 1.807) is 28.2 Å². The third-order valence-electron chi connectivity index (χ3n) is 6.82. The van der Waals surface area contributed by atoms with E-state index in [1.807, 2.05) is 0 Å². The number of aryl methyl sites for hydroxylation is 1. The Hall–Kier alpha value is -1.34. The molecular formula is C21H33N3O3S. The number of hydrogen-bond donors (Lipinski definition) is 0. The first-order chi connectivity index (χ1) is 13.5. The van der Waals surface area contributed by atoms with Crippen molar-refractivity contribution in [3.63, 3.8) is 0 Å². The predicted octanol–water partition coefficient (Wildman–Crippen LogP) is 3.53. The Balaban J connectivity index is 1.61. The largest absolute Gasteiger partial charge is 0.345 e. The minimum atomic E-state index is -3.52. The van der Waals surface area contributed by atoms with Crippen molar-refractivity contribution >= 4 is 15.9 Å². The van der Waals surface area contributed by atoms with Crippen molar-refractivity contribution in [3.8, 4) is 0 Å². The summed E-state index contributed by atoms with van der Waals surface area (Å²) in [6.07, 6.45) is 13.6. The second-order valence-electron chi connectivity index (χ2n) is 8.73. The van der Waals surface area contributed by atoms with Gasteiger partial charge in [0.1, 0.15) is 10.6 Å². The first-order valence-electron chi connectivity index (χ1n) is 11.0. The van der Waals surface area contributed by atoms with Gasteiger partial charge in [-0.3, -0.25) is 4.79 Å². The van der Waals surface area contributed by atoms with Crippen molar-refractivity contribution in [1.29, 1.82) is 0 Å². The summed E-state index contributed by atoms with van der Waals surface area (Å²) in [4.78, 5) is 15.9. The third-order valence-corrected chi connectivity index (χ3v) is 8.69. The van der Waals surface area contributed by atoms with Crippen molar-refractivity contribution < 1.29 is 13.2 Å². The van der Waals surface area contributed by atoms with Gasteiger partial charge < -0.3 is 9.47 Å². The predicted molar refractivity (Wildman–Crippen MR) is 109 cm³/mol. The monoisotopic (exact) mass is 407 g/mol. The van der Waals surface area contributed by atoms with Crippen LogP contribution in [0.1, 0.15) is 81.1 Å². The van der Waals surface area contributed by atoms with Gasteiger partial charge in [0.05, 0.1) is 0 Å².